The Balaban J connectivity index is 1.62. The third kappa shape index (κ3) is 4.14. The summed E-state index contributed by atoms with van der Waals surface area (Å²) in [6.07, 6.45) is 0. The van der Waals surface area contributed by atoms with Crippen molar-refractivity contribution in [3.05, 3.63) is 78.4 Å². The van der Waals surface area contributed by atoms with Crippen LogP contribution in [0, 0.1) is 0 Å². The first-order valence-electron chi connectivity index (χ1n) is 9.70. The summed E-state index contributed by atoms with van der Waals surface area (Å²) >= 11 is 0. The van der Waals surface area contributed by atoms with Crippen LogP contribution in [0.15, 0.2) is 72.8 Å². The maximum absolute atomic E-state index is 12.9. The number of amides is 1. The van der Waals surface area contributed by atoms with Crippen LogP contribution in [0.1, 0.15) is 10.4 Å². The van der Waals surface area contributed by atoms with Crippen molar-refractivity contribution >= 4 is 22.5 Å². The lowest BCUT2D eigenvalue weighted by molar-refractivity contribution is 0.102. The first-order valence-corrected chi connectivity index (χ1v) is 9.70. The number of carbonyl (C=O) groups excluding carboxylic acids is 1. The fraction of sp³-hybridized carbons (Fsp3) is 0.120. The molecule has 0 aliphatic rings. The van der Waals surface area contributed by atoms with E-state index in [1.54, 1.807) is 12.1 Å². The zero-order valence-electron chi connectivity index (χ0n) is 17.5. The number of anilines is 1. The second-order valence-electron chi connectivity index (χ2n) is 6.84. The lowest BCUT2D eigenvalue weighted by Gasteiger charge is -2.14. The van der Waals surface area contributed by atoms with Gasteiger partial charge in [0.25, 0.3) is 5.91 Å². The predicted octanol–water partition coefficient (Wildman–Crippen LogP) is 5.18. The highest BCUT2D eigenvalue weighted by molar-refractivity contribution is 6.05. The van der Waals surface area contributed by atoms with E-state index in [0.29, 0.717) is 28.5 Å². The van der Waals surface area contributed by atoms with Gasteiger partial charge in [0.2, 0.25) is 5.75 Å². The molecule has 0 bridgehead atoms. The van der Waals surface area contributed by atoms with Crippen molar-refractivity contribution in [3.8, 4) is 28.5 Å². The molecule has 0 atom stereocenters. The molecule has 1 N–H and O–H groups in total. The molecule has 4 rings (SSSR count). The number of nitrogens with zero attached hydrogens (tertiary/aromatic N) is 1. The number of para-hydroxylation sites is 1. The van der Waals surface area contributed by atoms with Gasteiger partial charge in [-0.3, -0.25) is 4.79 Å². The van der Waals surface area contributed by atoms with Gasteiger partial charge in [0.1, 0.15) is 0 Å². The molecule has 0 aliphatic carbocycles. The highest BCUT2D eigenvalue weighted by atomic mass is 16.5. The van der Waals surface area contributed by atoms with E-state index in [-0.39, 0.29) is 5.91 Å². The second kappa shape index (κ2) is 8.75. The first kappa shape index (κ1) is 20.2. The van der Waals surface area contributed by atoms with Gasteiger partial charge in [0, 0.05) is 22.2 Å². The van der Waals surface area contributed by atoms with Crippen LogP contribution in [0.5, 0.6) is 17.2 Å². The maximum atomic E-state index is 12.9. The molecule has 0 saturated carbocycles. The van der Waals surface area contributed by atoms with Crippen LogP contribution < -0.4 is 19.5 Å². The topological polar surface area (TPSA) is 69.7 Å². The molecule has 1 amide bonds. The number of carbonyl (C=O) groups is 1. The molecule has 156 valence electrons. The number of methoxy groups -OCH3 is 3. The summed E-state index contributed by atoms with van der Waals surface area (Å²) in [4.78, 5) is 17.6. The number of ether oxygens (including phenoxy) is 3. The zero-order valence-corrected chi connectivity index (χ0v) is 17.5. The van der Waals surface area contributed by atoms with Crippen molar-refractivity contribution in [2.45, 2.75) is 0 Å². The molecule has 31 heavy (non-hydrogen) atoms. The molecular formula is C25H22N2O4. The van der Waals surface area contributed by atoms with E-state index < -0.39 is 0 Å². The SMILES string of the molecule is COc1cc(C(=O)Nc2cccc(-c3ccc4ccccc4n3)c2)cc(OC)c1OC. The fourth-order valence-electron chi connectivity index (χ4n) is 3.40. The Morgan fingerprint density at radius 3 is 2.26 bits per heavy atom. The molecule has 1 aromatic heterocycles. The Bertz CT molecular complexity index is 1230. The third-order valence-corrected chi connectivity index (χ3v) is 4.94. The summed E-state index contributed by atoms with van der Waals surface area (Å²) in [6.45, 7) is 0. The molecule has 6 heteroatoms. The Hall–Kier alpha value is -4.06. The van der Waals surface area contributed by atoms with E-state index in [4.69, 9.17) is 19.2 Å². The number of hydrogen-bond acceptors (Lipinski definition) is 5. The lowest BCUT2D eigenvalue weighted by atomic mass is 10.1. The van der Waals surface area contributed by atoms with Gasteiger partial charge in [-0.05, 0) is 36.4 Å². The quantitative estimate of drug-likeness (QED) is 0.471. The van der Waals surface area contributed by atoms with Gasteiger partial charge < -0.3 is 19.5 Å². The maximum Gasteiger partial charge on any atom is 0.255 e. The van der Waals surface area contributed by atoms with Crippen molar-refractivity contribution in [1.29, 1.82) is 0 Å². The number of rotatable bonds is 6. The summed E-state index contributed by atoms with van der Waals surface area (Å²) in [6, 6.07) is 22.8. The molecular weight excluding hydrogens is 392 g/mol. The van der Waals surface area contributed by atoms with Crippen LogP contribution in [0.25, 0.3) is 22.2 Å². The molecule has 0 aliphatic heterocycles. The van der Waals surface area contributed by atoms with Gasteiger partial charge in [0.05, 0.1) is 32.5 Å². The second-order valence-corrected chi connectivity index (χ2v) is 6.84. The number of benzene rings is 3. The average Bonchev–Trinajstić information content (AvgIpc) is 2.82. The van der Waals surface area contributed by atoms with E-state index in [9.17, 15) is 4.79 Å². The monoisotopic (exact) mass is 414 g/mol. The number of hydrogen-bond donors (Lipinski definition) is 1. The van der Waals surface area contributed by atoms with Gasteiger partial charge >= 0.3 is 0 Å². The van der Waals surface area contributed by atoms with E-state index in [1.165, 1.54) is 21.3 Å². The Morgan fingerprint density at radius 2 is 1.55 bits per heavy atom. The highest BCUT2D eigenvalue weighted by Gasteiger charge is 2.17. The van der Waals surface area contributed by atoms with E-state index in [2.05, 4.69) is 5.32 Å². The normalized spacial score (nSPS) is 10.5. The van der Waals surface area contributed by atoms with Crippen molar-refractivity contribution in [3.63, 3.8) is 0 Å². The minimum atomic E-state index is -0.289. The standard InChI is InChI=1S/C25H22N2O4/c1-29-22-14-18(15-23(30-2)24(22)31-3)25(28)26-19-9-6-8-17(13-19)21-12-11-16-7-4-5-10-20(16)27-21/h4-15H,1-3H3,(H,26,28). The number of nitrogens with one attached hydrogen (secondary N) is 1. The lowest BCUT2D eigenvalue weighted by Crippen LogP contribution is -2.12. The van der Waals surface area contributed by atoms with Gasteiger partial charge in [-0.15, -0.1) is 0 Å². The van der Waals surface area contributed by atoms with Crippen molar-refractivity contribution < 1.29 is 19.0 Å². The van der Waals surface area contributed by atoms with Crippen LogP contribution in [-0.4, -0.2) is 32.2 Å². The van der Waals surface area contributed by atoms with Gasteiger partial charge in [-0.2, -0.15) is 0 Å². The third-order valence-electron chi connectivity index (χ3n) is 4.94. The zero-order chi connectivity index (χ0) is 21.8. The molecule has 0 radical (unpaired) electrons. The summed E-state index contributed by atoms with van der Waals surface area (Å²) in [5.41, 5.74) is 3.72. The number of fused-ring (bicyclic) bond motifs is 1. The molecule has 0 unspecified atom stereocenters. The van der Waals surface area contributed by atoms with Crippen LogP contribution in [0.4, 0.5) is 5.69 Å². The number of pyridine rings is 1. The fourth-order valence-corrected chi connectivity index (χ4v) is 3.40. The Kier molecular flexibility index (Phi) is 5.71. The summed E-state index contributed by atoms with van der Waals surface area (Å²) in [5, 5.41) is 4.01. The largest absolute Gasteiger partial charge is 0.493 e. The van der Waals surface area contributed by atoms with Gasteiger partial charge in [0.15, 0.2) is 11.5 Å². The molecule has 4 aromatic rings. The average molecular weight is 414 g/mol. The molecule has 0 spiro atoms. The van der Waals surface area contributed by atoms with Crippen LogP contribution in [0.3, 0.4) is 0 Å². The van der Waals surface area contributed by atoms with E-state index in [1.807, 2.05) is 60.7 Å². The van der Waals surface area contributed by atoms with Crippen LogP contribution in [-0.2, 0) is 0 Å². The molecule has 1 heterocycles. The van der Waals surface area contributed by atoms with E-state index >= 15 is 0 Å². The van der Waals surface area contributed by atoms with Crippen molar-refractivity contribution in [2.24, 2.45) is 0 Å². The van der Waals surface area contributed by atoms with Crippen molar-refractivity contribution in [2.75, 3.05) is 26.6 Å². The van der Waals surface area contributed by atoms with E-state index in [0.717, 1.165) is 22.2 Å². The minimum absolute atomic E-state index is 0.289. The Labute approximate surface area is 180 Å². The summed E-state index contributed by atoms with van der Waals surface area (Å²) < 4.78 is 16.0. The Morgan fingerprint density at radius 1 is 0.806 bits per heavy atom. The summed E-state index contributed by atoms with van der Waals surface area (Å²) in [5.74, 6) is 0.982. The predicted molar refractivity (Wildman–Crippen MR) is 121 cm³/mol. The van der Waals surface area contributed by atoms with Gasteiger partial charge in [-0.25, -0.2) is 4.98 Å². The number of aromatic nitrogens is 1. The molecule has 3 aromatic carbocycles. The first-order chi connectivity index (χ1) is 15.1. The highest BCUT2D eigenvalue weighted by Crippen LogP contribution is 2.38. The molecule has 6 nitrogen and oxygen atoms in total. The smallest absolute Gasteiger partial charge is 0.255 e. The molecule has 0 saturated heterocycles. The van der Waals surface area contributed by atoms with Gasteiger partial charge in [-0.1, -0.05) is 36.4 Å². The minimum Gasteiger partial charge on any atom is -0.493 e. The van der Waals surface area contributed by atoms with Crippen LogP contribution >= 0.6 is 0 Å². The molecule has 0 fully saturated rings. The summed E-state index contributed by atoms with van der Waals surface area (Å²) in [7, 11) is 4.55. The van der Waals surface area contributed by atoms with Crippen LogP contribution in [0.2, 0.25) is 0 Å². The van der Waals surface area contributed by atoms with Crippen molar-refractivity contribution in [1.82, 2.24) is 4.98 Å².